The summed E-state index contributed by atoms with van der Waals surface area (Å²) >= 11 is 0. The van der Waals surface area contributed by atoms with Gasteiger partial charge in [0.2, 0.25) is 0 Å². The van der Waals surface area contributed by atoms with Crippen LogP contribution in [0, 0.1) is 0 Å². The summed E-state index contributed by atoms with van der Waals surface area (Å²) in [5.74, 6) is 1.67. The fourth-order valence-corrected chi connectivity index (χ4v) is 10.9. The molecule has 0 amide bonds. The molecule has 11 aromatic rings. The van der Waals surface area contributed by atoms with Gasteiger partial charge in [-0.2, -0.15) is 0 Å². The van der Waals surface area contributed by atoms with Gasteiger partial charge in [-0.3, -0.25) is 0 Å². The minimum atomic E-state index is -0.536. The average molecular weight is 869 g/mol. The molecular formula is C65H44N2O. The first-order chi connectivity index (χ1) is 33.7. The Bertz CT molecular complexity index is 3550. The SMILES string of the molecule is c1ccc(-c2ccc(N(c3ccc4c(c3)-c3cccc5cc(N(c6ccccc6)c6ccccc6)cc(c35)O4)c3ccc4c(c3)C(c3ccccc3)(c3ccccc3)c3ccccc3-4)cc2)cc1. The van der Waals surface area contributed by atoms with Gasteiger partial charge in [0, 0.05) is 45.5 Å². The highest BCUT2D eigenvalue weighted by molar-refractivity contribution is 6.07. The fourth-order valence-electron chi connectivity index (χ4n) is 10.9. The van der Waals surface area contributed by atoms with Crippen molar-refractivity contribution in [2.45, 2.75) is 5.41 Å². The Morgan fingerprint density at radius 1 is 0.279 bits per heavy atom. The fraction of sp³-hybridized carbons (Fsp3) is 0.0154. The van der Waals surface area contributed by atoms with E-state index in [1.54, 1.807) is 0 Å². The lowest BCUT2D eigenvalue weighted by atomic mass is 9.67. The van der Waals surface area contributed by atoms with Crippen molar-refractivity contribution >= 4 is 44.9 Å². The summed E-state index contributed by atoms with van der Waals surface area (Å²) in [5.41, 5.74) is 17.9. The van der Waals surface area contributed by atoms with Crippen LogP contribution in [0.3, 0.4) is 0 Å². The Hall–Kier alpha value is -8.92. The molecule has 0 saturated carbocycles. The van der Waals surface area contributed by atoms with Crippen LogP contribution in [0.5, 0.6) is 11.5 Å². The van der Waals surface area contributed by atoms with Crippen molar-refractivity contribution in [1.29, 1.82) is 0 Å². The summed E-state index contributed by atoms with van der Waals surface area (Å²) in [6.45, 7) is 0. The maximum Gasteiger partial charge on any atom is 0.138 e. The van der Waals surface area contributed by atoms with E-state index in [0.29, 0.717) is 0 Å². The molecule has 1 heterocycles. The van der Waals surface area contributed by atoms with E-state index in [-0.39, 0.29) is 0 Å². The average Bonchev–Trinajstić information content (AvgIpc) is 3.71. The number of ether oxygens (including phenoxy) is 1. The van der Waals surface area contributed by atoms with Gasteiger partial charge in [0.1, 0.15) is 11.5 Å². The number of benzene rings is 11. The van der Waals surface area contributed by atoms with Gasteiger partial charge in [0.05, 0.1) is 11.1 Å². The molecule has 0 N–H and O–H groups in total. The molecule has 11 aromatic carbocycles. The van der Waals surface area contributed by atoms with Crippen molar-refractivity contribution in [3.8, 4) is 44.9 Å². The van der Waals surface area contributed by atoms with Gasteiger partial charge >= 0.3 is 0 Å². The van der Waals surface area contributed by atoms with Gasteiger partial charge in [0.25, 0.3) is 0 Å². The Morgan fingerprint density at radius 2 is 0.779 bits per heavy atom. The van der Waals surface area contributed by atoms with E-state index >= 15 is 0 Å². The lowest BCUT2D eigenvalue weighted by Gasteiger charge is -2.35. The molecule has 68 heavy (non-hydrogen) atoms. The molecule has 0 atom stereocenters. The molecule has 3 nitrogen and oxygen atoms in total. The first-order valence-electron chi connectivity index (χ1n) is 23.3. The zero-order valence-electron chi connectivity index (χ0n) is 37.2. The molecule has 0 unspecified atom stereocenters. The Labute approximate surface area is 397 Å². The number of anilines is 6. The first kappa shape index (κ1) is 39.4. The zero-order chi connectivity index (χ0) is 45.0. The van der Waals surface area contributed by atoms with Crippen LogP contribution in [0.15, 0.2) is 267 Å². The summed E-state index contributed by atoms with van der Waals surface area (Å²) in [6.07, 6.45) is 0. The van der Waals surface area contributed by atoms with Crippen molar-refractivity contribution in [3.05, 3.63) is 289 Å². The van der Waals surface area contributed by atoms with Gasteiger partial charge in [-0.25, -0.2) is 0 Å². The molecule has 2 aliphatic rings. The molecule has 13 rings (SSSR count). The van der Waals surface area contributed by atoms with E-state index in [1.165, 1.54) is 44.5 Å². The zero-order valence-corrected chi connectivity index (χ0v) is 37.2. The van der Waals surface area contributed by atoms with Crippen molar-refractivity contribution in [1.82, 2.24) is 0 Å². The lowest BCUT2D eigenvalue weighted by Crippen LogP contribution is -2.28. The number of nitrogens with zero attached hydrogens (tertiary/aromatic N) is 2. The summed E-state index contributed by atoms with van der Waals surface area (Å²) in [5, 5.41) is 2.22. The van der Waals surface area contributed by atoms with Gasteiger partial charge in [-0.05, 0) is 128 Å². The number of para-hydroxylation sites is 2. The van der Waals surface area contributed by atoms with Gasteiger partial charge < -0.3 is 14.5 Å². The normalized spacial score (nSPS) is 12.6. The van der Waals surface area contributed by atoms with Crippen molar-refractivity contribution < 1.29 is 4.74 Å². The molecule has 3 heteroatoms. The molecule has 0 fully saturated rings. The summed E-state index contributed by atoms with van der Waals surface area (Å²) in [7, 11) is 0. The van der Waals surface area contributed by atoms with Crippen LogP contribution in [-0.2, 0) is 5.41 Å². The minimum Gasteiger partial charge on any atom is -0.456 e. The maximum absolute atomic E-state index is 7.00. The topological polar surface area (TPSA) is 15.7 Å². The number of fused-ring (bicyclic) bond motifs is 5. The van der Waals surface area contributed by atoms with Crippen LogP contribution < -0.4 is 14.5 Å². The molecule has 1 aliphatic heterocycles. The highest BCUT2D eigenvalue weighted by Crippen LogP contribution is 2.58. The number of hydrogen-bond donors (Lipinski definition) is 0. The quantitative estimate of drug-likeness (QED) is 0.144. The molecule has 0 spiro atoms. The lowest BCUT2D eigenvalue weighted by molar-refractivity contribution is 0.487. The van der Waals surface area contributed by atoms with Crippen molar-refractivity contribution in [2.75, 3.05) is 9.80 Å². The summed E-state index contributed by atoms with van der Waals surface area (Å²) < 4.78 is 7.00. The third-order valence-electron chi connectivity index (χ3n) is 13.9. The van der Waals surface area contributed by atoms with Gasteiger partial charge in [-0.15, -0.1) is 0 Å². The van der Waals surface area contributed by atoms with Gasteiger partial charge in [0.15, 0.2) is 0 Å². The standard InChI is InChI=1S/C65H44N2O/c1-6-19-45(20-7-1)46-33-35-52(36-34-46)67(54-37-39-57-56-30-16-17-32-60(56)65(61(57)43-54,48-22-8-2-9-23-48)49-24-10-3-11-25-49)53-38-40-62-59(42-53)58-31-18-21-47-41-55(44-63(68-62)64(47)58)66(50-26-12-4-13-27-50)51-28-14-5-15-29-51/h1-44H. The van der Waals surface area contributed by atoms with E-state index in [9.17, 15) is 0 Å². The second-order valence-corrected chi connectivity index (χ2v) is 17.6. The van der Waals surface area contributed by atoms with E-state index in [4.69, 9.17) is 4.74 Å². The largest absolute Gasteiger partial charge is 0.456 e. The molecule has 0 radical (unpaired) electrons. The monoisotopic (exact) mass is 868 g/mol. The molecule has 320 valence electrons. The minimum absolute atomic E-state index is 0.536. The van der Waals surface area contributed by atoms with Crippen LogP contribution in [0.1, 0.15) is 22.3 Å². The second kappa shape index (κ2) is 16.2. The van der Waals surface area contributed by atoms with E-state index < -0.39 is 5.41 Å². The molecule has 0 bridgehead atoms. The molecule has 1 aliphatic carbocycles. The smallest absolute Gasteiger partial charge is 0.138 e. The predicted molar refractivity (Wildman–Crippen MR) is 282 cm³/mol. The Morgan fingerprint density at radius 3 is 1.46 bits per heavy atom. The predicted octanol–water partition coefficient (Wildman–Crippen LogP) is 17.6. The molecular weight excluding hydrogens is 825 g/mol. The highest BCUT2D eigenvalue weighted by Gasteiger charge is 2.46. The van der Waals surface area contributed by atoms with E-state index in [2.05, 4.69) is 277 Å². The molecule has 0 aromatic heterocycles. The first-order valence-corrected chi connectivity index (χ1v) is 23.3. The Kier molecular flexibility index (Phi) is 9.40. The van der Waals surface area contributed by atoms with Crippen LogP contribution in [0.2, 0.25) is 0 Å². The molecule has 0 saturated heterocycles. The van der Waals surface area contributed by atoms with E-state index in [1.807, 2.05) is 0 Å². The van der Waals surface area contributed by atoms with Crippen LogP contribution in [0.4, 0.5) is 34.1 Å². The number of rotatable bonds is 9. The maximum atomic E-state index is 7.00. The highest BCUT2D eigenvalue weighted by atomic mass is 16.5. The third-order valence-corrected chi connectivity index (χ3v) is 13.9. The third kappa shape index (κ3) is 6.35. The van der Waals surface area contributed by atoms with Crippen molar-refractivity contribution in [2.24, 2.45) is 0 Å². The van der Waals surface area contributed by atoms with E-state index in [0.717, 1.165) is 67.5 Å². The summed E-state index contributed by atoms with van der Waals surface area (Å²) in [4.78, 5) is 4.71. The number of hydrogen-bond acceptors (Lipinski definition) is 3. The Balaban J connectivity index is 0.991. The van der Waals surface area contributed by atoms with Crippen molar-refractivity contribution in [3.63, 3.8) is 0 Å². The summed E-state index contributed by atoms with van der Waals surface area (Å²) in [6, 6.07) is 96.5. The van der Waals surface area contributed by atoms with Crippen LogP contribution >= 0.6 is 0 Å². The van der Waals surface area contributed by atoms with Crippen LogP contribution in [-0.4, -0.2) is 0 Å². The second-order valence-electron chi connectivity index (χ2n) is 17.6. The van der Waals surface area contributed by atoms with Gasteiger partial charge in [-0.1, -0.05) is 188 Å². The van der Waals surface area contributed by atoms with Crippen LogP contribution in [0.25, 0.3) is 44.2 Å².